The Morgan fingerprint density at radius 1 is 1.21 bits per heavy atom. The van der Waals surface area contributed by atoms with Crippen molar-refractivity contribution in [2.75, 3.05) is 12.4 Å². The van der Waals surface area contributed by atoms with Crippen LogP contribution < -0.4 is 10.1 Å². The van der Waals surface area contributed by atoms with Crippen molar-refractivity contribution < 1.29 is 13.9 Å². The fourth-order valence-electron chi connectivity index (χ4n) is 1.73. The van der Waals surface area contributed by atoms with E-state index in [0.29, 0.717) is 22.6 Å². The molecule has 3 nitrogen and oxygen atoms in total. The number of hydrogen-bond donors (Lipinski definition) is 1. The molecule has 0 aliphatic rings. The van der Waals surface area contributed by atoms with Gasteiger partial charge in [-0.15, -0.1) is 0 Å². The molecule has 2 rings (SSSR count). The van der Waals surface area contributed by atoms with E-state index >= 15 is 0 Å². The topological polar surface area (TPSA) is 38.3 Å². The van der Waals surface area contributed by atoms with Crippen LogP contribution in [0.15, 0.2) is 42.5 Å². The van der Waals surface area contributed by atoms with Crippen LogP contribution in [0.25, 0.3) is 0 Å². The summed E-state index contributed by atoms with van der Waals surface area (Å²) in [6.45, 7) is 1.74. The number of ether oxygens (including phenoxy) is 1. The maximum atomic E-state index is 13.0. The summed E-state index contributed by atoms with van der Waals surface area (Å²) in [6.07, 6.45) is 0. The van der Waals surface area contributed by atoms with Gasteiger partial charge in [0.1, 0.15) is 11.6 Å². The standard InChI is InChI=1S/C15H14FNO2/c1-10-8-12(16)6-7-14(10)17-15(18)11-4-3-5-13(9-11)19-2/h3-9H,1-2H3,(H,17,18). The molecule has 0 heterocycles. The second-order valence-corrected chi connectivity index (χ2v) is 4.15. The molecule has 0 radical (unpaired) electrons. The predicted octanol–water partition coefficient (Wildman–Crippen LogP) is 3.40. The van der Waals surface area contributed by atoms with Gasteiger partial charge in [-0.3, -0.25) is 4.79 Å². The number of carbonyl (C=O) groups is 1. The fraction of sp³-hybridized carbons (Fsp3) is 0.133. The first-order valence-corrected chi connectivity index (χ1v) is 5.81. The molecule has 0 fully saturated rings. The van der Waals surface area contributed by atoms with Crippen LogP contribution in [-0.4, -0.2) is 13.0 Å². The van der Waals surface area contributed by atoms with Crippen LogP contribution in [0.5, 0.6) is 5.75 Å². The van der Waals surface area contributed by atoms with E-state index in [-0.39, 0.29) is 11.7 Å². The van der Waals surface area contributed by atoms with Crippen molar-refractivity contribution in [3.05, 3.63) is 59.4 Å². The Hall–Kier alpha value is -2.36. The first-order chi connectivity index (χ1) is 9.10. The summed E-state index contributed by atoms with van der Waals surface area (Å²) in [4.78, 5) is 12.1. The highest BCUT2D eigenvalue weighted by atomic mass is 19.1. The zero-order chi connectivity index (χ0) is 13.8. The van der Waals surface area contributed by atoms with Gasteiger partial charge < -0.3 is 10.1 Å². The zero-order valence-electron chi connectivity index (χ0n) is 10.7. The summed E-state index contributed by atoms with van der Waals surface area (Å²) in [5, 5.41) is 2.74. The summed E-state index contributed by atoms with van der Waals surface area (Å²) in [6, 6.07) is 11.1. The van der Waals surface area contributed by atoms with Crippen molar-refractivity contribution in [1.29, 1.82) is 0 Å². The van der Waals surface area contributed by atoms with Crippen LogP contribution >= 0.6 is 0 Å². The Morgan fingerprint density at radius 2 is 2.00 bits per heavy atom. The van der Waals surface area contributed by atoms with Crippen LogP contribution in [0.3, 0.4) is 0 Å². The lowest BCUT2D eigenvalue weighted by Gasteiger charge is -2.09. The molecule has 0 aromatic heterocycles. The maximum absolute atomic E-state index is 13.0. The number of nitrogens with one attached hydrogen (secondary N) is 1. The van der Waals surface area contributed by atoms with Crippen LogP contribution in [0.1, 0.15) is 15.9 Å². The van der Waals surface area contributed by atoms with Crippen molar-refractivity contribution in [3.8, 4) is 5.75 Å². The normalized spacial score (nSPS) is 10.1. The van der Waals surface area contributed by atoms with Gasteiger partial charge in [0.25, 0.3) is 5.91 Å². The van der Waals surface area contributed by atoms with Gasteiger partial charge in [0.2, 0.25) is 0 Å². The summed E-state index contributed by atoms with van der Waals surface area (Å²) >= 11 is 0. The molecule has 0 aliphatic carbocycles. The molecule has 0 bridgehead atoms. The highest BCUT2D eigenvalue weighted by Crippen LogP contribution is 2.18. The van der Waals surface area contributed by atoms with Crippen LogP contribution in [0, 0.1) is 12.7 Å². The molecule has 2 aromatic carbocycles. The molecule has 0 saturated carbocycles. The number of halogens is 1. The number of benzene rings is 2. The van der Waals surface area contributed by atoms with Gasteiger partial charge in [-0.25, -0.2) is 4.39 Å². The Kier molecular flexibility index (Phi) is 3.80. The van der Waals surface area contributed by atoms with Crippen molar-refractivity contribution in [1.82, 2.24) is 0 Å². The van der Waals surface area contributed by atoms with Crippen LogP contribution in [0.2, 0.25) is 0 Å². The molecule has 0 atom stereocenters. The molecule has 98 valence electrons. The molecule has 1 N–H and O–H groups in total. The van der Waals surface area contributed by atoms with Crippen molar-refractivity contribution >= 4 is 11.6 Å². The Labute approximate surface area is 111 Å². The van der Waals surface area contributed by atoms with E-state index in [0.717, 1.165) is 0 Å². The van der Waals surface area contributed by atoms with Gasteiger partial charge in [-0.05, 0) is 48.9 Å². The molecule has 2 aromatic rings. The van der Waals surface area contributed by atoms with Crippen molar-refractivity contribution in [2.24, 2.45) is 0 Å². The van der Waals surface area contributed by atoms with Gasteiger partial charge >= 0.3 is 0 Å². The lowest BCUT2D eigenvalue weighted by atomic mass is 10.1. The molecule has 0 unspecified atom stereocenters. The average molecular weight is 259 g/mol. The van der Waals surface area contributed by atoms with Gasteiger partial charge in [0.05, 0.1) is 7.11 Å². The molecule has 1 amide bonds. The van der Waals surface area contributed by atoms with Gasteiger partial charge in [0.15, 0.2) is 0 Å². The van der Waals surface area contributed by atoms with E-state index < -0.39 is 0 Å². The smallest absolute Gasteiger partial charge is 0.255 e. The van der Waals surface area contributed by atoms with Gasteiger partial charge in [-0.2, -0.15) is 0 Å². The number of hydrogen-bond acceptors (Lipinski definition) is 2. The zero-order valence-corrected chi connectivity index (χ0v) is 10.7. The molecular formula is C15H14FNO2. The highest BCUT2D eigenvalue weighted by Gasteiger charge is 2.08. The lowest BCUT2D eigenvalue weighted by Crippen LogP contribution is -2.12. The first-order valence-electron chi connectivity index (χ1n) is 5.81. The number of carbonyl (C=O) groups excluding carboxylic acids is 1. The quantitative estimate of drug-likeness (QED) is 0.917. The predicted molar refractivity (Wildman–Crippen MR) is 72.1 cm³/mol. The summed E-state index contributed by atoms with van der Waals surface area (Å²) in [5.74, 6) is 0.0361. The van der Waals surface area contributed by atoms with Crippen molar-refractivity contribution in [3.63, 3.8) is 0 Å². The minimum Gasteiger partial charge on any atom is -0.497 e. The molecular weight excluding hydrogens is 245 g/mol. The summed E-state index contributed by atoms with van der Waals surface area (Å²) in [5.41, 5.74) is 1.76. The third-order valence-electron chi connectivity index (χ3n) is 2.77. The highest BCUT2D eigenvalue weighted by molar-refractivity contribution is 6.04. The number of amides is 1. The Morgan fingerprint density at radius 3 is 2.68 bits per heavy atom. The van der Waals surface area contributed by atoms with Gasteiger partial charge in [-0.1, -0.05) is 6.07 Å². The minimum atomic E-state index is -0.322. The molecule has 0 spiro atoms. The van der Waals surface area contributed by atoms with E-state index in [1.165, 1.54) is 12.1 Å². The number of rotatable bonds is 3. The lowest BCUT2D eigenvalue weighted by molar-refractivity contribution is 0.102. The van der Waals surface area contributed by atoms with E-state index in [2.05, 4.69) is 5.32 Å². The summed E-state index contributed by atoms with van der Waals surface area (Å²) in [7, 11) is 1.54. The monoisotopic (exact) mass is 259 g/mol. The Balaban J connectivity index is 2.20. The fourth-order valence-corrected chi connectivity index (χ4v) is 1.73. The first kappa shape index (κ1) is 13.1. The van der Waals surface area contributed by atoms with E-state index in [1.807, 2.05) is 0 Å². The summed E-state index contributed by atoms with van der Waals surface area (Å²) < 4.78 is 18.0. The van der Waals surface area contributed by atoms with Gasteiger partial charge in [0, 0.05) is 11.3 Å². The van der Waals surface area contributed by atoms with E-state index in [4.69, 9.17) is 4.74 Å². The molecule has 0 saturated heterocycles. The Bertz CT molecular complexity index is 611. The van der Waals surface area contributed by atoms with Crippen LogP contribution in [-0.2, 0) is 0 Å². The molecule has 0 aliphatic heterocycles. The largest absolute Gasteiger partial charge is 0.497 e. The molecule has 19 heavy (non-hydrogen) atoms. The third kappa shape index (κ3) is 3.10. The SMILES string of the molecule is COc1cccc(C(=O)Nc2ccc(F)cc2C)c1. The molecule has 4 heteroatoms. The second kappa shape index (κ2) is 5.52. The maximum Gasteiger partial charge on any atom is 0.255 e. The van der Waals surface area contributed by atoms with Crippen LogP contribution in [0.4, 0.5) is 10.1 Å². The average Bonchev–Trinajstić information content (AvgIpc) is 2.42. The minimum absolute atomic E-state index is 0.256. The number of aryl methyl sites for hydroxylation is 1. The number of methoxy groups -OCH3 is 1. The number of anilines is 1. The van der Waals surface area contributed by atoms with Crippen molar-refractivity contribution in [2.45, 2.75) is 6.92 Å². The van der Waals surface area contributed by atoms with E-state index in [9.17, 15) is 9.18 Å². The third-order valence-corrected chi connectivity index (χ3v) is 2.77. The second-order valence-electron chi connectivity index (χ2n) is 4.15. The van der Waals surface area contributed by atoms with E-state index in [1.54, 1.807) is 44.4 Å².